The lowest BCUT2D eigenvalue weighted by atomic mass is 9.81. The minimum absolute atomic E-state index is 0.0519. The van der Waals surface area contributed by atoms with Gasteiger partial charge in [0.2, 0.25) is 5.88 Å². The molecule has 1 fully saturated rings. The first-order chi connectivity index (χ1) is 15.5. The molecular formula is C24H36F3N3O3. The van der Waals surface area contributed by atoms with Crippen molar-refractivity contribution in [3.63, 3.8) is 0 Å². The SMILES string of the molecule is CC(C)(C)OC(=O)NC1CCC(F)(CCN2CCc3ccc(OCC(F)F)nc3CC2)CC1. The summed E-state index contributed by atoms with van der Waals surface area (Å²) in [7, 11) is 0. The molecule has 186 valence electrons. The highest BCUT2D eigenvalue weighted by atomic mass is 19.3. The Hall–Kier alpha value is -2.03. The average Bonchev–Trinajstić information content (AvgIpc) is 2.93. The average molecular weight is 472 g/mol. The summed E-state index contributed by atoms with van der Waals surface area (Å²) in [4.78, 5) is 18.6. The molecule has 0 bridgehead atoms. The number of aromatic nitrogens is 1. The van der Waals surface area contributed by atoms with Crippen molar-refractivity contribution in [1.82, 2.24) is 15.2 Å². The number of hydrogen-bond acceptors (Lipinski definition) is 5. The summed E-state index contributed by atoms with van der Waals surface area (Å²) in [5.74, 6) is 0.224. The van der Waals surface area contributed by atoms with Gasteiger partial charge in [0.25, 0.3) is 6.43 Å². The molecule has 0 spiro atoms. The molecule has 1 amide bonds. The normalized spacial score (nSPS) is 24.2. The zero-order chi connectivity index (χ0) is 24.1. The molecule has 1 aliphatic heterocycles. The van der Waals surface area contributed by atoms with Crippen molar-refractivity contribution in [2.75, 3.05) is 26.2 Å². The molecule has 0 saturated heterocycles. The molecule has 1 aliphatic carbocycles. The van der Waals surface area contributed by atoms with Gasteiger partial charge >= 0.3 is 6.09 Å². The van der Waals surface area contributed by atoms with E-state index >= 15 is 4.39 Å². The minimum Gasteiger partial charge on any atom is -0.472 e. The number of pyridine rings is 1. The van der Waals surface area contributed by atoms with Crippen LogP contribution in [0.4, 0.5) is 18.0 Å². The van der Waals surface area contributed by atoms with Gasteiger partial charge in [-0.3, -0.25) is 0 Å². The van der Waals surface area contributed by atoms with Gasteiger partial charge in [-0.05, 0) is 64.9 Å². The fourth-order valence-electron chi connectivity index (χ4n) is 4.42. The molecule has 3 rings (SSSR count). The Morgan fingerprint density at radius 2 is 1.94 bits per heavy atom. The second-order valence-corrected chi connectivity index (χ2v) is 10.1. The van der Waals surface area contributed by atoms with Gasteiger partial charge in [-0.1, -0.05) is 6.07 Å². The van der Waals surface area contributed by atoms with Crippen LogP contribution in [0.25, 0.3) is 0 Å². The number of hydrogen-bond donors (Lipinski definition) is 1. The summed E-state index contributed by atoms with van der Waals surface area (Å²) < 4.78 is 50.5. The topological polar surface area (TPSA) is 63.7 Å². The van der Waals surface area contributed by atoms with Crippen LogP contribution in [0, 0.1) is 0 Å². The third-order valence-corrected chi connectivity index (χ3v) is 6.24. The van der Waals surface area contributed by atoms with Gasteiger partial charge in [0.15, 0.2) is 6.61 Å². The molecule has 6 nitrogen and oxygen atoms in total. The molecule has 9 heteroatoms. The number of nitrogens with one attached hydrogen (secondary N) is 1. The highest BCUT2D eigenvalue weighted by Gasteiger charge is 2.36. The predicted molar refractivity (Wildman–Crippen MR) is 120 cm³/mol. The number of amides is 1. The van der Waals surface area contributed by atoms with Gasteiger partial charge in [-0.25, -0.2) is 22.9 Å². The number of alkyl halides is 3. The number of halogens is 3. The Bertz CT molecular complexity index is 793. The second kappa shape index (κ2) is 10.9. The van der Waals surface area contributed by atoms with E-state index < -0.39 is 30.4 Å². The summed E-state index contributed by atoms with van der Waals surface area (Å²) in [5.41, 5.74) is 0.184. The van der Waals surface area contributed by atoms with E-state index in [0.29, 0.717) is 45.1 Å². The van der Waals surface area contributed by atoms with Crippen LogP contribution in [0.3, 0.4) is 0 Å². The first-order valence-electron chi connectivity index (χ1n) is 11.8. The Morgan fingerprint density at radius 1 is 1.24 bits per heavy atom. The number of rotatable bonds is 7. The van der Waals surface area contributed by atoms with Crippen LogP contribution in [0.15, 0.2) is 12.1 Å². The van der Waals surface area contributed by atoms with Crippen LogP contribution in [0.5, 0.6) is 5.88 Å². The molecule has 0 radical (unpaired) electrons. The summed E-state index contributed by atoms with van der Waals surface area (Å²) in [6.07, 6.45) is 1.01. The van der Waals surface area contributed by atoms with Crippen molar-refractivity contribution in [3.8, 4) is 5.88 Å². The molecule has 0 unspecified atom stereocenters. The van der Waals surface area contributed by atoms with Crippen LogP contribution >= 0.6 is 0 Å². The van der Waals surface area contributed by atoms with Crippen molar-refractivity contribution >= 4 is 6.09 Å². The zero-order valence-electron chi connectivity index (χ0n) is 19.8. The predicted octanol–water partition coefficient (Wildman–Crippen LogP) is 4.69. The number of fused-ring (bicyclic) bond motifs is 1. The number of carbonyl (C=O) groups is 1. The molecule has 1 N–H and O–H groups in total. The molecule has 0 atom stereocenters. The van der Waals surface area contributed by atoms with E-state index in [1.165, 1.54) is 0 Å². The zero-order valence-corrected chi connectivity index (χ0v) is 19.8. The van der Waals surface area contributed by atoms with Crippen molar-refractivity contribution < 1.29 is 27.4 Å². The van der Waals surface area contributed by atoms with Crippen molar-refractivity contribution in [1.29, 1.82) is 0 Å². The molecular weight excluding hydrogens is 435 g/mol. The number of nitrogens with zero attached hydrogens (tertiary/aromatic N) is 2. The van der Waals surface area contributed by atoms with E-state index in [4.69, 9.17) is 9.47 Å². The maximum absolute atomic E-state index is 15.4. The largest absolute Gasteiger partial charge is 0.472 e. The molecule has 33 heavy (non-hydrogen) atoms. The smallest absolute Gasteiger partial charge is 0.407 e. The van der Waals surface area contributed by atoms with Gasteiger partial charge in [-0.15, -0.1) is 0 Å². The van der Waals surface area contributed by atoms with Gasteiger partial charge in [0.1, 0.15) is 11.3 Å². The lowest BCUT2D eigenvalue weighted by molar-refractivity contribution is 0.0400. The highest BCUT2D eigenvalue weighted by molar-refractivity contribution is 5.68. The fourth-order valence-corrected chi connectivity index (χ4v) is 4.42. The first kappa shape index (κ1) is 25.6. The van der Waals surface area contributed by atoms with Crippen LogP contribution in [0.1, 0.15) is 64.1 Å². The van der Waals surface area contributed by atoms with Gasteiger partial charge < -0.3 is 19.7 Å². The first-order valence-corrected chi connectivity index (χ1v) is 11.8. The lowest BCUT2D eigenvalue weighted by Gasteiger charge is -2.36. The standard InChI is InChI=1S/C24H36F3N3O3/c1-23(2,3)33-22(31)28-18-6-10-24(27,11-7-18)12-15-30-13-8-17-4-5-21(32-16-20(25)26)29-19(17)9-14-30/h4-5,18,20H,6-16H2,1-3H3,(H,28,31). The minimum atomic E-state index is -2.53. The quantitative estimate of drug-likeness (QED) is 0.625. The summed E-state index contributed by atoms with van der Waals surface area (Å²) >= 11 is 0. The van der Waals surface area contributed by atoms with Gasteiger partial charge in [0.05, 0.1) is 0 Å². The highest BCUT2D eigenvalue weighted by Crippen LogP contribution is 2.35. The van der Waals surface area contributed by atoms with Crippen LogP contribution in [-0.2, 0) is 17.6 Å². The van der Waals surface area contributed by atoms with E-state index in [9.17, 15) is 13.6 Å². The Labute approximate surface area is 194 Å². The lowest BCUT2D eigenvalue weighted by Crippen LogP contribution is -2.44. The molecule has 1 saturated carbocycles. The van der Waals surface area contributed by atoms with E-state index in [2.05, 4.69) is 15.2 Å². The van der Waals surface area contributed by atoms with Crippen molar-refractivity contribution in [3.05, 3.63) is 23.4 Å². The maximum atomic E-state index is 15.4. The number of carbonyl (C=O) groups excluding carboxylic acids is 1. The Balaban J connectivity index is 1.42. The molecule has 2 aliphatic rings. The molecule has 1 aromatic heterocycles. The number of ether oxygens (including phenoxy) is 2. The monoisotopic (exact) mass is 471 g/mol. The second-order valence-electron chi connectivity index (χ2n) is 10.1. The fraction of sp³-hybridized carbons (Fsp3) is 0.750. The maximum Gasteiger partial charge on any atom is 0.407 e. The van der Waals surface area contributed by atoms with E-state index in [1.54, 1.807) is 6.07 Å². The van der Waals surface area contributed by atoms with Gasteiger partial charge in [0, 0.05) is 43.9 Å². The van der Waals surface area contributed by atoms with Crippen molar-refractivity contribution in [2.24, 2.45) is 0 Å². The van der Waals surface area contributed by atoms with E-state index in [0.717, 1.165) is 30.8 Å². The third-order valence-electron chi connectivity index (χ3n) is 6.24. The van der Waals surface area contributed by atoms with E-state index in [1.807, 2.05) is 26.8 Å². The number of alkyl carbamates (subject to hydrolysis) is 1. The Kier molecular flexibility index (Phi) is 8.48. The molecule has 1 aromatic rings. The van der Waals surface area contributed by atoms with Crippen LogP contribution in [-0.4, -0.2) is 66.0 Å². The van der Waals surface area contributed by atoms with Gasteiger partial charge in [-0.2, -0.15) is 0 Å². The van der Waals surface area contributed by atoms with Crippen LogP contribution in [0.2, 0.25) is 0 Å². The summed E-state index contributed by atoms with van der Waals surface area (Å²) in [6.45, 7) is 7.00. The third kappa shape index (κ3) is 8.36. The van der Waals surface area contributed by atoms with Crippen molar-refractivity contribution in [2.45, 2.75) is 89.5 Å². The summed E-state index contributed by atoms with van der Waals surface area (Å²) in [6, 6.07) is 3.48. The van der Waals surface area contributed by atoms with Crippen LogP contribution < -0.4 is 10.1 Å². The Morgan fingerprint density at radius 3 is 2.61 bits per heavy atom. The molecule has 2 heterocycles. The molecule has 0 aromatic carbocycles. The van der Waals surface area contributed by atoms with E-state index in [-0.39, 0.29) is 11.9 Å². The summed E-state index contributed by atoms with van der Waals surface area (Å²) in [5, 5.41) is 2.86.